The molecule has 1 aromatic carbocycles. The summed E-state index contributed by atoms with van der Waals surface area (Å²) in [6.45, 7) is 1.86. The van der Waals surface area contributed by atoms with E-state index >= 15 is 0 Å². The average molecular weight is 243 g/mol. The molecule has 0 saturated heterocycles. The summed E-state index contributed by atoms with van der Waals surface area (Å²) in [4.78, 5) is 15.0. The van der Waals surface area contributed by atoms with E-state index in [1.54, 1.807) is 6.07 Å². The van der Waals surface area contributed by atoms with Gasteiger partial charge in [-0.1, -0.05) is 30.3 Å². The predicted octanol–water partition coefficient (Wildman–Crippen LogP) is 2.92. The number of hydrogen-bond donors (Lipinski definition) is 1. The van der Waals surface area contributed by atoms with Crippen molar-refractivity contribution in [3.8, 4) is 5.88 Å². The van der Waals surface area contributed by atoms with Gasteiger partial charge in [0.15, 0.2) is 0 Å². The summed E-state index contributed by atoms with van der Waals surface area (Å²) >= 11 is 0. The van der Waals surface area contributed by atoms with Crippen molar-refractivity contribution in [2.75, 3.05) is 0 Å². The number of ether oxygens (including phenoxy) is 1. The van der Waals surface area contributed by atoms with Crippen molar-refractivity contribution in [2.24, 2.45) is 0 Å². The Hall–Kier alpha value is -2.36. The largest absolute Gasteiger partial charge is 0.477 e. The Labute approximate surface area is 105 Å². The van der Waals surface area contributed by atoms with E-state index < -0.39 is 5.97 Å². The lowest BCUT2D eigenvalue weighted by atomic mass is 10.1. The standard InChI is InChI=1S/C14H13NO3/c1-10(11-6-3-2-4-7-11)18-13-12(14(16)17)8-5-9-15-13/h2-10H,1H3,(H,16,17). The SMILES string of the molecule is CC(Oc1ncccc1C(=O)O)c1ccccc1. The lowest BCUT2D eigenvalue weighted by Crippen LogP contribution is -2.08. The van der Waals surface area contributed by atoms with Gasteiger partial charge in [0.1, 0.15) is 11.7 Å². The molecular formula is C14H13NO3. The molecule has 0 aliphatic carbocycles. The van der Waals surface area contributed by atoms with Crippen LogP contribution in [0.4, 0.5) is 0 Å². The third-order valence-electron chi connectivity index (χ3n) is 2.56. The zero-order valence-corrected chi connectivity index (χ0v) is 9.91. The Morgan fingerprint density at radius 2 is 1.94 bits per heavy atom. The summed E-state index contributed by atoms with van der Waals surface area (Å²) < 4.78 is 5.60. The van der Waals surface area contributed by atoms with Crippen LogP contribution in [-0.4, -0.2) is 16.1 Å². The Morgan fingerprint density at radius 3 is 2.61 bits per heavy atom. The van der Waals surface area contributed by atoms with Gasteiger partial charge in [-0.15, -0.1) is 0 Å². The number of aromatic carboxylic acids is 1. The molecule has 0 spiro atoms. The Kier molecular flexibility index (Phi) is 3.57. The molecule has 0 radical (unpaired) electrons. The molecule has 4 nitrogen and oxygen atoms in total. The van der Waals surface area contributed by atoms with Crippen LogP contribution in [-0.2, 0) is 0 Å². The van der Waals surface area contributed by atoms with Crippen LogP contribution < -0.4 is 4.74 Å². The fraction of sp³-hybridized carbons (Fsp3) is 0.143. The third-order valence-corrected chi connectivity index (χ3v) is 2.56. The lowest BCUT2D eigenvalue weighted by Gasteiger charge is -2.15. The van der Waals surface area contributed by atoms with Crippen LogP contribution in [0, 0.1) is 0 Å². The molecule has 1 aromatic heterocycles. The van der Waals surface area contributed by atoms with Crippen LogP contribution in [0.1, 0.15) is 28.9 Å². The van der Waals surface area contributed by atoms with Crippen molar-refractivity contribution in [3.63, 3.8) is 0 Å². The molecular weight excluding hydrogens is 230 g/mol. The quantitative estimate of drug-likeness (QED) is 0.896. The summed E-state index contributed by atoms with van der Waals surface area (Å²) in [5.41, 5.74) is 1.04. The van der Waals surface area contributed by atoms with Crippen molar-refractivity contribution >= 4 is 5.97 Å². The monoisotopic (exact) mass is 243 g/mol. The first-order valence-electron chi connectivity index (χ1n) is 5.58. The smallest absolute Gasteiger partial charge is 0.341 e. The van der Waals surface area contributed by atoms with Crippen LogP contribution >= 0.6 is 0 Å². The molecule has 1 unspecified atom stereocenters. The Morgan fingerprint density at radius 1 is 1.22 bits per heavy atom. The maximum Gasteiger partial charge on any atom is 0.341 e. The van der Waals surface area contributed by atoms with Gasteiger partial charge in [0, 0.05) is 6.20 Å². The molecule has 2 rings (SSSR count). The van der Waals surface area contributed by atoms with E-state index in [1.807, 2.05) is 37.3 Å². The van der Waals surface area contributed by atoms with Gasteiger partial charge in [-0.25, -0.2) is 9.78 Å². The molecule has 1 heterocycles. The second-order valence-electron chi connectivity index (χ2n) is 3.83. The summed E-state index contributed by atoms with van der Waals surface area (Å²) in [6, 6.07) is 12.6. The molecule has 92 valence electrons. The first-order valence-corrected chi connectivity index (χ1v) is 5.58. The van der Waals surface area contributed by atoms with Gasteiger partial charge in [-0.3, -0.25) is 0 Å². The molecule has 0 fully saturated rings. The minimum atomic E-state index is -1.04. The maximum absolute atomic E-state index is 11.0. The number of aromatic nitrogens is 1. The van der Waals surface area contributed by atoms with Crippen molar-refractivity contribution in [3.05, 3.63) is 59.8 Å². The Bertz CT molecular complexity index is 540. The number of hydrogen-bond acceptors (Lipinski definition) is 3. The number of rotatable bonds is 4. The van der Waals surface area contributed by atoms with Gasteiger partial charge in [0.05, 0.1) is 0 Å². The summed E-state index contributed by atoms with van der Waals surface area (Å²) in [5.74, 6) is -0.903. The number of carboxylic acid groups (broad SMARTS) is 1. The van der Waals surface area contributed by atoms with Gasteiger partial charge in [0.25, 0.3) is 0 Å². The predicted molar refractivity (Wildman–Crippen MR) is 66.7 cm³/mol. The average Bonchev–Trinajstić information content (AvgIpc) is 2.40. The highest BCUT2D eigenvalue weighted by atomic mass is 16.5. The topological polar surface area (TPSA) is 59.4 Å². The number of carboxylic acids is 1. The lowest BCUT2D eigenvalue weighted by molar-refractivity contribution is 0.0688. The minimum Gasteiger partial charge on any atom is -0.477 e. The van der Waals surface area contributed by atoms with E-state index in [2.05, 4.69) is 4.98 Å². The van der Waals surface area contributed by atoms with E-state index in [0.717, 1.165) is 5.56 Å². The molecule has 0 aliphatic heterocycles. The van der Waals surface area contributed by atoms with Crippen molar-refractivity contribution in [1.29, 1.82) is 0 Å². The van der Waals surface area contributed by atoms with Crippen molar-refractivity contribution in [1.82, 2.24) is 4.98 Å². The number of carbonyl (C=O) groups is 1. The Balaban J connectivity index is 2.22. The number of pyridine rings is 1. The third kappa shape index (κ3) is 2.66. The summed E-state index contributed by atoms with van der Waals surface area (Å²) in [7, 11) is 0. The fourth-order valence-electron chi connectivity index (χ4n) is 1.61. The molecule has 4 heteroatoms. The first-order chi connectivity index (χ1) is 8.68. The van der Waals surface area contributed by atoms with Crippen LogP contribution in [0.5, 0.6) is 5.88 Å². The van der Waals surface area contributed by atoms with Gasteiger partial charge in [-0.05, 0) is 24.6 Å². The van der Waals surface area contributed by atoms with E-state index in [9.17, 15) is 4.79 Å². The maximum atomic E-state index is 11.0. The minimum absolute atomic E-state index is 0.0697. The molecule has 0 bridgehead atoms. The van der Waals surface area contributed by atoms with Crippen molar-refractivity contribution < 1.29 is 14.6 Å². The van der Waals surface area contributed by atoms with Crippen LogP contribution in [0.2, 0.25) is 0 Å². The molecule has 1 N–H and O–H groups in total. The highest BCUT2D eigenvalue weighted by Gasteiger charge is 2.15. The van der Waals surface area contributed by atoms with Crippen LogP contribution in [0.25, 0.3) is 0 Å². The van der Waals surface area contributed by atoms with Crippen molar-refractivity contribution in [2.45, 2.75) is 13.0 Å². The zero-order chi connectivity index (χ0) is 13.0. The van der Waals surface area contributed by atoms with Gasteiger partial charge in [-0.2, -0.15) is 0 Å². The molecule has 0 amide bonds. The molecule has 0 saturated carbocycles. The van der Waals surface area contributed by atoms with Crippen LogP contribution in [0.15, 0.2) is 48.7 Å². The van der Waals surface area contributed by atoms with E-state index in [-0.39, 0.29) is 17.5 Å². The second kappa shape index (κ2) is 5.31. The summed E-state index contributed by atoms with van der Waals surface area (Å²) in [5, 5.41) is 9.03. The number of benzene rings is 1. The van der Waals surface area contributed by atoms with E-state index in [4.69, 9.17) is 9.84 Å². The molecule has 1 atom stereocenters. The zero-order valence-electron chi connectivity index (χ0n) is 9.91. The number of nitrogens with zero attached hydrogens (tertiary/aromatic N) is 1. The van der Waals surface area contributed by atoms with Gasteiger partial charge >= 0.3 is 5.97 Å². The molecule has 2 aromatic rings. The highest BCUT2D eigenvalue weighted by Crippen LogP contribution is 2.22. The highest BCUT2D eigenvalue weighted by molar-refractivity contribution is 5.90. The first kappa shape index (κ1) is 12.1. The van der Waals surface area contributed by atoms with Gasteiger partial charge in [0.2, 0.25) is 5.88 Å². The molecule has 18 heavy (non-hydrogen) atoms. The van der Waals surface area contributed by atoms with Gasteiger partial charge < -0.3 is 9.84 Å². The second-order valence-corrected chi connectivity index (χ2v) is 3.83. The fourth-order valence-corrected chi connectivity index (χ4v) is 1.61. The van der Waals surface area contributed by atoms with E-state index in [0.29, 0.717) is 0 Å². The summed E-state index contributed by atoms with van der Waals surface area (Å²) in [6.07, 6.45) is 1.26. The molecule has 0 aliphatic rings. The van der Waals surface area contributed by atoms with E-state index in [1.165, 1.54) is 12.3 Å². The van der Waals surface area contributed by atoms with Crippen LogP contribution in [0.3, 0.4) is 0 Å². The normalized spacial score (nSPS) is 11.8.